The zero-order valence-electron chi connectivity index (χ0n) is 15.8. The Morgan fingerprint density at radius 2 is 2.00 bits per heavy atom. The minimum Gasteiger partial charge on any atom is -0.493 e. The molecule has 0 bridgehead atoms. The summed E-state index contributed by atoms with van der Waals surface area (Å²) < 4.78 is 16.4. The normalized spacial score (nSPS) is 21.8. The van der Waals surface area contributed by atoms with Crippen molar-refractivity contribution >= 4 is 0 Å². The lowest BCUT2D eigenvalue weighted by atomic mass is 9.89. The van der Waals surface area contributed by atoms with Gasteiger partial charge in [-0.25, -0.2) is 0 Å². The minimum atomic E-state index is -0.456. The molecule has 5 heteroatoms. The van der Waals surface area contributed by atoms with Gasteiger partial charge in [-0.2, -0.15) is 0 Å². The number of benzene rings is 1. The van der Waals surface area contributed by atoms with Gasteiger partial charge < -0.3 is 24.6 Å². The van der Waals surface area contributed by atoms with E-state index in [0.29, 0.717) is 19.3 Å². The highest BCUT2D eigenvalue weighted by Crippen LogP contribution is 2.27. The number of hydrogen-bond acceptors (Lipinski definition) is 5. The molecule has 1 aliphatic rings. The third-order valence-electron chi connectivity index (χ3n) is 4.83. The van der Waals surface area contributed by atoms with Gasteiger partial charge in [0.1, 0.15) is 0 Å². The van der Waals surface area contributed by atoms with E-state index in [0.717, 1.165) is 43.2 Å². The van der Waals surface area contributed by atoms with Crippen molar-refractivity contribution in [3.63, 3.8) is 0 Å². The van der Waals surface area contributed by atoms with Gasteiger partial charge in [-0.05, 0) is 49.4 Å². The summed E-state index contributed by atoms with van der Waals surface area (Å²) in [7, 11) is 3.28. The number of methoxy groups -OCH3 is 2. The second kappa shape index (κ2) is 10.6. The summed E-state index contributed by atoms with van der Waals surface area (Å²) in [6, 6.07) is 5.94. The van der Waals surface area contributed by atoms with Crippen LogP contribution in [0.15, 0.2) is 18.2 Å². The fourth-order valence-corrected chi connectivity index (χ4v) is 3.37. The van der Waals surface area contributed by atoms with Gasteiger partial charge in [-0.15, -0.1) is 0 Å². The monoisotopic (exact) mass is 351 g/mol. The molecule has 1 fully saturated rings. The smallest absolute Gasteiger partial charge is 0.160 e. The van der Waals surface area contributed by atoms with E-state index in [-0.39, 0.29) is 0 Å². The average Bonchev–Trinajstić information content (AvgIpc) is 2.63. The zero-order valence-corrected chi connectivity index (χ0v) is 15.8. The number of aliphatic hydroxyl groups excluding tert-OH is 1. The van der Waals surface area contributed by atoms with Crippen LogP contribution < -0.4 is 14.8 Å². The van der Waals surface area contributed by atoms with Gasteiger partial charge in [-0.1, -0.05) is 25.8 Å². The van der Waals surface area contributed by atoms with Crippen LogP contribution in [0.2, 0.25) is 0 Å². The molecule has 0 heterocycles. The molecule has 3 atom stereocenters. The largest absolute Gasteiger partial charge is 0.493 e. The van der Waals surface area contributed by atoms with Crippen LogP contribution in [-0.2, 0) is 11.2 Å². The summed E-state index contributed by atoms with van der Waals surface area (Å²) in [5.74, 6) is 2.23. The van der Waals surface area contributed by atoms with Gasteiger partial charge in [-0.3, -0.25) is 0 Å². The summed E-state index contributed by atoms with van der Waals surface area (Å²) in [5, 5.41) is 13.4. The highest BCUT2D eigenvalue weighted by atomic mass is 16.5. The molecule has 2 N–H and O–H groups in total. The Morgan fingerprint density at radius 1 is 1.20 bits per heavy atom. The summed E-state index contributed by atoms with van der Waals surface area (Å²) in [6.45, 7) is 4.05. The molecule has 0 unspecified atom stereocenters. The molecular formula is C20H33NO4. The van der Waals surface area contributed by atoms with Crippen molar-refractivity contribution in [3.8, 4) is 11.5 Å². The van der Waals surface area contributed by atoms with Crippen LogP contribution in [0.25, 0.3) is 0 Å². The predicted octanol–water partition coefficient (Wildman–Crippen LogP) is 2.79. The van der Waals surface area contributed by atoms with E-state index in [1.54, 1.807) is 14.2 Å². The van der Waals surface area contributed by atoms with Gasteiger partial charge in [0.25, 0.3) is 0 Å². The predicted molar refractivity (Wildman–Crippen MR) is 99.5 cm³/mol. The Bertz CT molecular complexity index is 508. The van der Waals surface area contributed by atoms with E-state index in [9.17, 15) is 5.11 Å². The molecular weight excluding hydrogens is 318 g/mol. The molecule has 142 valence electrons. The number of aliphatic hydroxyl groups is 1. The Labute approximate surface area is 151 Å². The Kier molecular flexibility index (Phi) is 8.52. The highest BCUT2D eigenvalue weighted by Gasteiger charge is 2.20. The first-order valence-corrected chi connectivity index (χ1v) is 9.33. The number of hydrogen-bond donors (Lipinski definition) is 2. The Morgan fingerprint density at radius 3 is 2.72 bits per heavy atom. The minimum absolute atomic E-state index is 0.324. The van der Waals surface area contributed by atoms with Crippen molar-refractivity contribution in [1.82, 2.24) is 5.32 Å². The lowest BCUT2D eigenvalue weighted by Gasteiger charge is -2.27. The molecule has 1 saturated carbocycles. The zero-order chi connectivity index (χ0) is 18.1. The fraction of sp³-hybridized carbons (Fsp3) is 0.700. The van der Waals surface area contributed by atoms with Crippen molar-refractivity contribution < 1.29 is 19.3 Å². The summed E-state index contributed by atoms with van der Waals surface area (Å²) >= 11 is 0. The second-order valence-electron chi connectivity index (χ2n) is 7.02. The molecule has 0 radical (unpaired) electrons. The maximum Gasteiger partial charge on any atom is 0.160 e. The molecule has 1 aromatic rings. The molecule has 25 heavy (non-hydrogen) atoms. The van der Waals surface area contributed by atoms with Crippen LogP contribution in [0.1, 0.15) is 38.2 Å². The lowest BCUT2D eigenvalue weighted by Crippen LogP contribution is -2.34. The van der Waals surface area contributed by atoms with Gasteiger partial charge in [0, 0.05) is 6.54 Å². The summed E-state index contributed by atoms with van der Waals surface area (Å²) in [5.41, 5.74) is 1.17. The van der Waals surface area contributed by atoms with Gasteiger partial charge in [0.05, 0.1) is 33.0 Å². The Balaban J connectivity index is 1.62. The van der Waals surface area contributed by atoms with Gasteiger partial charge >= 0.3 is 0 Å². The maximum absolute atomic E-state index is 10.1. The maximum atomic E-state index is 10.1. The van der Waals surface area contributed by atoms with Crippen LogP contribution in [0.3, 0.4) is 0 Å². The molecule has 0 aromatic heterocycles. The van der Waals surface area contributed by atoms with E-state index >= 15 is 0 Å². The summed E-state index contributed by atoms with van der Waals surface area (Å²) in [6.07, 6.45) is 5.54. The van der Waals surface area contributed by atoms with Crippen molar-refractivity contribution in [1.29, 1.82) is 0 Å². The van der Waals surface area contributed by atoms with E-state index in [1.165, 1.54) is 18.4 Å². The highest BCUT2D eigenvalue weighted by molar-refractivity contribution is 5.42. The standard InChI is InChI=1S/C20H33NO4/c1-15-5-4-6-18(11-15)25-14-17(22)13-21-10-9-16-7-8-19(23-2)20(12-16)24-3/h7-8,12,15,17-18,21-22H,4-6,9-11,13-14H2,1-3H3/t15-,17+,18+/m1/s1. The SMILES string of the molecule is COc1ccc(CCNC[C@H](O)CO[C@H]2CCC[C@@H](C)C2)cc1OC. The molecule has 0 amide bonds. The van der Waals surface area contributed by atoms with Crippen molar-refractivity contribution in [3.05, 3.63) is 23.8 Å². The van der Waals surface area contributed by atoms with Crippen molar-refractivity contribution in [2.75, 3.05) is 33.9 Å². The third-order valence-corrected chi connectivity index (χ3v) is 4.83. The number of rotatable bonds is 10. The second-order valence-corrected chi connectivity index (χ2v) is 7.02. The first-order valence-electron chi connectivity index (χ1n) is 9.33. The van der Waals surface area contributed by atoms with E-state index in [1.807, 2.05) is 18.2 Å². The number of nitrogens with one attached hydrogen (secondary N) is 1. The van der Waals surface area contributed by atoms with Crippen LogP contribution >= 0.6 is 0 Å². The van der Waals surface area contributed by atoms with Gasteiger partial charge in [0.15, 0.2) is 11.5 Å². The topological polar surface area (TPSA) is 60.0 Å². The molecule has 0 saturated heterocycles. The van der Waals surface area contributed by atoms with E-state index < -0.39 is 6.10 Å². The average molecular weight is 351 g/mol. The van der Waals surface area contributed by atoms with E-state index in [4.69, 9.17) is 14.2 Å². The lowest BCUT2D eigenvalue weighted by molar-refractivity contribution is -0.0305. The molecule has 0 aliphatic heterocycles. The van der Waals surface area contributed by atoms with Gasteiger partial charge in [0.2, 0.25) is 0 Å². The van der Waals surface area contributed by atoms with Crippen LogP contribution in [-0.4, -0.2) is 51.2 Å². The molecule has 5 nitrogen and oxygen atoms in total. The molecule has 1 aromatic carbocycles. The van der Waals surface area contributed by atoms with Crippen LogP contribution in [0.4, 0.5) is 0 Å². The molecule has 1 aliphatic carbocycles. The first-order chi connectivity index (χ1) is 12.1. The first kappa shape index (κ1) is 20.0. The quantitative estimate of drug-likeness (QED) is 0.635. The molecule has 2 rings (SSSR count). The Hall–Kier alpha value is -1.30. The number of ether oxygens (including phenoxy) is 3. The fourth-order valence-electron chi connectivity index (χ4n) is 3.37. The van der Waals surface area contributed by atoms with E-state index in [2.05, 4.69) is 12.2 Å². The van der Waals surface area contributed by atoms with Crippen molar-refractivity contribution in [2.45, 2.75) is 51.2 Å². The molecule has 0 spiro atoms. The third kappa shape index (κ3) is 6.84. The van der Waals surface area contributed by atoms with Crippen LogP contribution in [0, 0.1) is 5.92 Å². The van der Waals surface area contributed by atoms with Crippen LogP contribution in [0.5, 0.6) is 11.5 Å². The summed E-state index contributed by atoms with van der Waals surface area (Å²) in [4.78, 5) is 0. The van der Waals surface area contributed by atoms with Crippen molar-refractivity contribution in [2.24, 2.45) is 5.92 Å².